The van der Waals surface area contributed by atoms with Crippen LogP contribution in [0, 0.1) is 11.6 Å². The average Bonchev–Trinajstić information content (AvgIpc) is 2.19. The summed E-state index contributed by atoms with van der Waals surface area (Å²) in [5.41, 5.74) is -0.0706. The van der Waals surface area contributed by atoms with Crippen molar-refractivity contribution in [2.45, 2.75) is 6.42 Å². The lowest BCUT2D eigenvalue weighted by Crippen LogP contribution is -2.07. The van der Waals surface area contributed by atoms with Crippen LogP contribution in [0.2, 0.25) is 5.02 Å². The minimum absolute atomic E-state index is 0.0706. The molecule has 0 aliphatic rings. The highest BCUT2D eigenvalue weighted by molar-refractivity contribution is 6.30. The molecule has 0 aliphatic heterocycles. The summed E-state index contributed by atoms with van der Waals surface area (Å²) in [7, 11) is 1.17. The van der Waals surface area contributed by atoms with E-state index in [9.17, 15) is 13.6 Å². The second-order valence-electron chi connectivity index (χ2n) is 2.59. The van der Waals surface area contributed by atoms with Gasteiger partial charge in [0, 0.05) is 5.56 Å². The number of ether oxygens (including phenoxy) is 1. The summed E-state index contributed by atoms with van der Waals surface area (Å²) >= 11 is 5.33. The Morgan fingerprint density at radius 3 is 2.64 bits per heavy atom. The molecule has 76 valence electrons. The molecule has 0 heterocycles. The van der Waals surface area contributed by atoms with Gasteiger partial charge in [-0.3, -0.25) is 4.79 Å². The van der Waals surface area contributed by atoms with E-state index >= 15 is 0 Å². The lowest BCUT2D eigenvalue weighted by molar-refractivity contribution is -0.139. The molecular weight excluding hydrogens is 214 g/mol. The Hall–Kier alpha value is -1.16. The van der Waals surface area contributed by atoms with Gasteiger partial charge < -0.3 is 4.74 Å². The van der Waals surface area contributed by atoms with Crippen molar-refractivity contribution in [1.82, 2.24) is 0 Å². The zero-order valence-electron chi connectivity index (χ0n) is 7.31. The van der Waals surface area contributed by atoms with Gasteiger partial charge in [-0.2, -0.15) is 0 Å². The number of hydrogen-bond donors (Lipinski definition) is 0. The van der Waals surface area contributed by atoms with Gasteiger partial charge in [0.15, 0.2) is 11.6 Å². The molecule has 0 aromatic heterocycles. The van der Waals surface area contributed by atoms with Gasteiger partial charge in [-0.25, -0.2) is 8.78 Å². The minimum Gasteiger partial charge on any atom is -0.469 e. The van der Waals surface area contributed by atoms with Gasteiger partial charge in [-0.05, 0) is 6.07 Å². The number of hydrogen-bond acceptors (Lipinski definition) is 2. The van der Waals surface area contributed by atoms with E-state index in [-0.39, 0.29) is 17.0 Å². The molecule has 0 atom stereocenters. The van der Waals surface area contributed by atoms with Crippen LogP contribution in [0.4, 0.5) is 8.78 Å². The van der Waals surface area contributed by atoms with Crippen LogP contribution < -0.4 is 0 Å². The molecule has 0 aliphatic carbocycles. The Morgan fingerprint density at radius 1 is 1.43 bits per heavy atom. The molecule has 0 saturated heterocycles. The fourth-order valence-corrected chi connectivity index (χ4v) is 1.08. The van der Waals surface area contributed by atoms with Crippen LogP contribution in [-0.2, 0) is 16.0 Å². The van der Waals surface area contributed by atoms with Crippen molar-refractivity contribution in [3.8, 4) is 0 Å². The first-order chi connectivity index (χ1) is 6.56. The lowest BCUT2D eigenvalue weighted by atomic mass is 10.1. The zero-order chi connectivity index (χ0) is 10.7. The second-order valence-corrected chi connectivity index (χ2v) is 2.99. The van der Waals surface area contributed by atoms with Crippen LogP contribution >= 0.6 is 11.6 Å². The smallest absolute Gasteiger partial charge is 0.310 e. The standard InChI is InChI=1S/C9H7ClF2O2/c1-14-7(13)4-5-2-3-6(10)9(12)8(5)11/h2-3H,4H2,1H3. The van der Waals surface area contributed by atoms with E-state index in [4.69, 9.17) is 11.6 Å². The third-order valence-corrected chi connectivity index (χ3v) is 1.97. The van der Waals surface area contributed by atoms with Crippen LogP contribution in [0.3, 0.4) is 0 Å². The average molecular weight is 221 g/mol. The molecule has 14 heavy (non-hydrogen) atoms. The highest BCUT2D eigenvalue weighted by Gasteiger charge is 2.14. The van der Waals surface area contributed by atoms with Crippen LogP contribution in [0.5, 0.6) is 0 Å². The van der Waals surface area contributed by atoms with E-state index in [0.29, 0.717) is 0 Å². The van der Waals surface area contributed by atoms with Crippen LogP contribution in [0.15, 0.2) is 12.1 Å². The van der Waals surface area contributed by atoms with Gasteiger partial charge in [0.2, 0.25) is 0 Å². The van der Waals surface area contributed by atoms with E-state index in [0.717, 1.165) is 0 Å². The maximum absolute atomic E-state index is 13.1. The van der Waals surface area contributed by atoms with Crippen molar-refractivity contribution in [3.63, 3.8) is 0 Å². The molecule has 5 heteroatoms. The highest BCUT2D eigenvalue weighted by atomic mass is 35.5. The SMILES string of the molecule is COC(=O)Cc1ccc(Cl)c(F)c1F. The predicted molar refractivity (Wildman–Crippen MR) is 47.1 cm³/mol. The maximum Gasteiger partial charge on any atom is 0.310 e. The van der Waals surface area contributed by atoms with Gasteiger partial charge in [0.1, 0.15) is 0 Å². The van der Waals surface area contributed by atoms with Gasteiger partial charge in [0.05, 0.1) is 18.6 Å². The van der Waals surface area contributed by atoms with Crippen molar-refractivity contribution < 1.29 is 18.3 Å². The number of methoxy groups -OCH3 is 1. The zero-order valence-corrected chi connectivity index (χ0v) is 8.07. The van der Waals surface area contributed by atoms with Crippen molar-refractivity contribution in [2.75, 3.05) is 7.11 Å². The van der Waals surface area contributed by atoms with Crippen molar-refractivity contribution >= 4 is 17.6 Å². The van der Waals surface area contributed by atoms with Gasteiger partial charge in [-0.1, -0.05) is 17.7 Å². The Labute approximate surface area is 84.4 Å². The molecule has 2 nitrogen and oxygen atoms in total. The lowest BCUT2D eigenvalue weighted by Gasteiger charge is -2.03. The molecular formula is C9H7ClF2O2. The molecule has 0 amide bonds. The minimum atomic E-state index is -1.15. The maximum atomic E-state index is 13.1. The topological polar surface area (TPSA) is 26.3 Å². The molecule has 1 aromatic carbocycles. The molecule has 1 rings (SSSR count). The first-order valence-electron chi connectivity index (χ1n) is 3.75. The van der Waals surface area contributed by atoms with Crippen molar-refractivity contribution in [1.29, 1.82) is 0 Å². The number of halogens is 3. The Morgan fingerprint density at radius 2 is 2.07 bits per heavy atom. The van der Waals surface area contributed by atoms with E-state index in [1.54, 1.807) is 0 Å². The fourth-order valence-electron chi connectivity index (χ4n) is 0.930. The predicted octanol–water partition coefficient (Wildman–Crippen LogP) is 2.33. The number of rotatable bonds is 2. The second kappa shape index (κ2) is 4.37. The summed E-state index contributed by atoms with van der Waals surface area (Å²) in [6, 6.07) is 2.44. The Bertz CT molecular complexity index is 366. The summed E-state index contributed by atoms with van der Waals surface area (Å²) in [6.45, 7) is 0. The number of carbonyl (C=O) groups excluding carboxylic acids is 1. The normalized spacial score (nSPS) is 10.0. The molecule has 0 spiro atoms. The number of benzene rings is 1. The van der Waals surface area contributed by atoms with Crippen LogP contribution in [0.25, 0.3) is 0 Å². The van der Waals surface area contributed by atoms with E-state index < -0.39 is 17.6 Å². The third-order valence-electron chi connectivity index (χ3n) is 1.68. The highest BCUT2D eigenvalue weighted by Crippen LogP contribution is 2.20. The molecule has 0 fully saturated rings. The van der Waals surface area contributed by atoms with Gasteiger partial charge >= 0.3 is 5.97 Å². The van der Waals surface area contributed by atoms with E-state index in [1.807, 2.05) is 0 Å². The summed E-state index contributed by atoms with van der Waals surface area (Å²) < 4.78 is 30.3. The molecule has 0 saturated carbocycles. The van der Waals surface area contributed by atoms with Gasteiger partial charge in [0.25, 0.3) is 0 Å². The largest absolute Gasteiger partial charge is 0.469 e. The summed E-state index contributed by atoms with van der Waals surface area (Å²) in [5.74, 6) is -2.89. The molecule has 0 radical (unpaired) electrons. The first kappa shape index (κ1) is 10.9. The quantitative estimate of drug-likeness (QED) is 0.565. The van der Waals surface area contributed by atoms with E-state index in [1.165, 1.54) is 19.2 Å². The summed E-state index contributed by atoms with van der Waals surface area (Å²) in [4.78, 5) is 10.8. The molecule has 1 aromatic rings. The molecule has 0 N–H and O–H groups in total. The first-order valence-corrected chi connectivity index (χ1v) is 4.13. The fraction of sp³-hybridized carbons (Fsp3) is 0.222. The summed E-state index contributed by atoms with van der Waals surface area (Å²) in [6.07, 6.45) is -0.309. The van der Waals surface area contributed by atoms with Crippen LogP contribution in [0.1, 0.15) is 5.56 Å². The number of carbonyl (C=O) groups is 1. The Kier molecular flexibility index (Phi) is 3.41. The number of esters is 1. The van der Waals surface area contributed by atoms with Crippen LogP contribution in [-0.4, -0.2) is 13.1 Å². The van der Waals surface area contributed by atoms with Crippen molar-refractivity contribution in [2.24, 2.45) is 0 Å². The Balaban J connectivity index is 3.00. The summed E-state index contributed by atoms with van der Waals surface area (Å²) in [5, 5.41) is -0.309. The van der Waals surface area contributed by atoms with E-state index in [2.05, 4.69) is 4.74 Å². The monoisotopic (exact) mass is 220 g/mol. The molecule has 0 unspecified atom stereocenters. The van der Waals surface area contributed by atoms with Gasteiger partial charge in [-0.15, -0.1) is 0 Å². The third kappa shape index (κ3) is 2.20. The van der Waals surface area contributed by atoms with Crippen molar-refractivity contribution in [3.05, 3.63) is 34.4 Å². The molecule has 0 bridgehead atoms.